The Morgan fingerprint density at radius 2 is 1.59 bits per heavy atom. The molecular weight excluding hydrogens is 375 g/mol. The number of carbonyl (C=O) groups excluding carboxylic acids is 2. The minimum Gasteiger partial charge on any atom is -0.268 e. The lowest BCUT2D eigenvalue weighted by atomic mass is 10.1. The van der Waals surface area contributed by atoms with Crippen molar-refractivity contribution in [3.8, 4) is 0 Å². The van der Waals surface area contributed by atoms with Crippen molar-refractivity contribution in [1.29, 1.82) is 0 Å². The second kappa shape index (κ2) is 7.23. The molecule has 0 aliphatic carbocycles. The summed E-state index contributed by atoms with van der Waals surface area (Å²) in [5.41, 5.74) is -0.218. The fourth-order valence-electron chi connectivity index (χ4n) is 2.77. The highest BCUT2D eigenvalue weighted by molar-refractivity contribution is 8.04. The SMILES string of the molecule is CC(C)SC1=C(c2ccccc2)C(=O)N(c2cccc(C(F)(F)F)c2)C1=O. The fraction of sp³-hybridized carbons (Fsp3) is 0.200. The molecule has 7 heteroatoms. The van der Waals surface area contributed by atoms with E-state index in [0.29, 0.717) is 5.56 Å². The van der Waals surface area contributed by atoms with E-state index in [9.17, 15) is 22.8 Å². The fourth-order valence-corrected chi connectivity index (χ4v) is 3.76. The number of hydrogen-bond donors (Lipinski definition) is 0. The van der Waals surface area contributed by atoms with Crippen molar-refractivity contribution < 1.29 is 22.8 Å². The first-order valence-corrected chi connectivity index (χ1v) is 9.10. The summed E-state index contributed by atoms with van der Waals surface area (Å²) in [6, 6.07) is 12.9. The maximum Gasteiger partial charge on any atom is 0.416 e. The summed E-state index contributed by atoms with van der Waals surface area (Å²) in [5, 5.41) is 0.0249. The molecule has 0 fully saturated rings. The average Bonchev–Trinajstić information content (AvgIpc) is 2.85. The van der Waals surface area contributed by atoms with Crippen molar-refractivity contribution in [2.24, 2.45) is 0 Å². The van der Waals surface area contributed by atoms with Crippen LogP contribution in [0.3, 0.4) is 0 Å². The highest BCUT2D eigenvalue weighted by atomic mass is 32.2. The summed E-state index contributed by atoms with van der Waals surface area (Å²) in [6.07, 6.45) is -4.56. The normalized spacial score (nSPS) is 15.3. The molecule has 2 amide bonds. The summed E-state index contributed by atoms with van der Waals surface area (Å²) in [5.74, 6) is -1.22. The second-order valence-electron chi connectivity index (χ2n) is 6.23. The second-order valence-corrected chi connectivity index (χ2v) is 7.82. The molecule has 140 valence electrons. The van der Waals surface area contributed by atoms with Crippen LogP contribution >= 0.6 is 11.8 Å². The van der Waals surface area contributed by atoms with Crippen molar-refractivity contribution in [3.63, 3.8) is 0 Å². The Kier molecular flexibility index (Phi) is 5.15. The zero-order chi connectivity index (χ0) is 19.8. The van der Waals surface area contributed by atoms with Gasteiger partial charge in [0.25, 0.3) is 11.8 Å². The third-order valence-electron chi connectivity index (χ3n) is 3.89. The van der Waals surface area contributed by atoms with Crippen molar-refractivity contribution in [2.45, 2.75) is 25.3 Å². The molecule has 0 bridgehead atoms. The Bertz CT molecular complexity index is 920. The van der Waals surface area contributed by atoms with E-state index in [1.165, 1.54) is 23.9 Å². The van der Waals surface area contributed by atoms with Gasteiger partial charge in [-0.05, 0) is 23.8 Å². The van der Waals surface area contributed by atoms with Crippen molar-refractivity contribution in [1.82, 2.24) is 0 Å². The van der Waals surface area contributed by atoms with Gasteiger partial charge in [0, 0.05) is 5.25 Å². The molecule has 27 heavy (non-hydrogen) atoms. The lowest BCUT2D eigenvalue weighted by Crippen LogP contribution is -2.31. The van der Waals surface area contributed by atoms with Gasteiger partial charge in [0.2, 0.25) is 0 Å². The molecule has 0 N–H and O–H groups in total. The highest BCUT2D eigenvalue weighted by Crippen LogP contribution is 2.41. The van der Waals surface area contributed by atoms with E-state index in [-0.39, 0.29) is 21.4 Å². The zero-order valence-corrected chi connectivity index (χ0v) is 15.4. The molecule has 0 saturated carbocycles. The quantitative estimate of drug-likeness (QED) is 0.678. The number of imide groups is 1. The first-order valence-electron chi connectivity index (χ1n) is 8.22. The maximum absolute atomic E-state index is 13.0. The predicted octanol–water partition coefficient (Wildman–Crippen LogP) is 5.13. The van der Waals surface area contributed by atoms with E-state index in [1.54, 1.807) is 30.3 Å². The Hall–Kier alpha value is -2.54. The number of rotatable bonds is 4. The van der Waals surface area contributed by atoms with Crippen molar-refractivity contribution in [3.05, 3.63) is 70.6 Å². The van der Waals surface area contributed by atoms with Gasteiger partial charge in [-0.25, -0.2) is 4.90 Å². The molecule has 1 aliphatic heterocycles. The first kappa shape index (κ1) is 19.2. The minimum absolute atomic E-state index is 0.0249. The monoisotopic (exact) mass is 391 g/mol. The smallest absolute Gasteiger partial charge is 0.268 e. The molecule has 0 atom stereocenters. The molecule has 2 aromatic carbocycles. The van der Waals surface area contributed by atoms with Gasteiger partial charge in [0.15, 0.2) is 0 Å². The van der Waals surface area contributed by atoms with Crippen LogP contribution in [-0.4, -0.2) is 17.1 Å². The molecule has 0 aromatic heterocycles. The van der Waals surface area contributed by atoms with Crippen LogP contribution in [0.1, 0.15) is 25.0 Å². The molecule has 3 nitrogen and oxygen atoms in total. The zero-order valence-electron chi connectivity index (χ0n) is 14.6. The van der Waals surface area contributed by atoms with E-state index >= 15 is 0 Å². The third-order valence-corrected chi connectivity index (χ3v) is 4.97. The molecule has 1 aliphatic rings. The summed E-state index contributed by atoms with van der Waals surface area (Å²) in [7, 11) is 0. The molecule has 0 radical (unpaired) electrons. The van der Waals surface area contributed by atoms with Crippen LogP contribution in [-0.2, 0) is 15.8 Å². The largest absolute Gasteiger partial charge is 0.416 e. The van der Waals surface area contributed by atoms with Crippen LogP contribution in [0.25, 0.3) is 5.57 Å². The maximum atomic E-state index is 13.0. The topological polar surface area (TPSA) is 37.4 Å². The van der Waals surface area contributed by atoms with Crippen molar-refractivity contribution >= 4 is 34.8 Å². The molecule has 1 heterocycles. The van der Waals surface area contributed by atoms with Gasteiger partial charge in [-0.3, -0.25) is 9.59 Å². The van der Waals surface area contributed by atoms with Crippen LogP contribution in [0.2, 0.25) is 0 Å². The number of benzene rings is 2. The first-order chi connectivity index (χ1) is 12.7. The van der Waals surface area contributed by atoms with Gasteiger partial charge in [-0.15, -0.1) is 11.8 Å². The van der Waals surface area contributed by atoms with Gasteiger partial charge >= 0.3 is 6.18 Å². The number of amides is 2. The summed E-state index contributed by atoms with van der Waals surface area (Å²) < 4.78 is 39.1. The van der Waals surface area contributed by atoms with Gasteiger partial charge in [0.05, 0.1) is 21.7 Å². The van der Waals surface area contributed by atoms with Gasteiger partial charge in [-0.2, -0.15) is 13.2 Å². The van der Waals surface area contributed by atoms with E-state index in [2.05, 4.69) is 0 Å². The number of thioether (sulfide) groups is 1. The predicted molar refractivity (Wildman–Crippen MR) is 100 cm³/mol. The summed E-state index contributed by atoms with van der Waals surface area (Å²) >= 11 is 1.23. The van der Waals surface area contributed by atoms with Gasteiger partial charge in [0.1, 0.15) is 0 Å². The number of halogens is 3. The van der Waals surface area contributed by atoms with Crippen LogP contribution < -0.4 is 4.90 Å². The number of hydrogen-bond acceptors (Lipinski definition) is 3. The van der Waals surface area contributed by atoms with E-state index < -0.39 is 23.6 Å². The van der Waals surface area contributed by atoms with Crippen LogP contribution in [0, 0.1) is 0 Å². The number of nitrogens with zero attached hydrogens (tertiary/aromatic N) is 1. The van der Waals surface area contributed by atoms with Crippen molar-refractivity contribution in [2.75, 3.05) is 4.90 Å². The van der Waals surface area contributed by atoms with Crippen LogP contribution in [0.15, 0.2) is 59.5 Å². The van der Waals surface area contributed by atoms with E-state index in [4.69, 9.17) is 0 Å². The molecule has 2 aromatic rings. The summed E-state index contributed by atoms with van der Waals surface area (Å²) in [4.78, 5) is 27.0. The minimum atomic E-state index is -4.56. The number of carbonyl (C=O) groups is 2. The Morgan fingerprint density at radius 3 is 2.19 bits per heavy atom. The third kappa shape index (κ3) is 3.78. The molecule has 0 saturated heterocycles. The Morgan fingerprint density at radius 1 is 0.926 bits per heavy atom. The standard InChI is InChI=1S/C20H16F3NO2S/c1-12(2)27-17-16(13-7-4-3-5-8-13)18(25)24(19(17)26)15-10-6-9-14(11-15)20(21,22)23/h3-12H,1-2H3. The summed E-state index contributed by atoms with van der Waals surface area (Å²) in [6.45, 7) is 3.76. The lowest BCUT2D eigenvalue weighted by molar-refractivity contribution is -0.137. The molecular formula is C20H16F3NO2S. The average molecular weight is 391 g/mol. The Labute approximate surface area is 158 Å². The lowest BCUT2D eigenvalue weighted by Gasteiger charge is -2.17. The number of anilines is 1. The van der Waals surface area contributed by atoms with Gasteiger partial charge < -0.3 is 0 Å². The highest BCUT2D eigenvalue weighted by Gasteiger charge is 2.41. The van der Waals surface area contributed by atoms with Gasteiger partial charge in [-0.1, -0.05) is 50.2 Å². The van der Waals surface area contributed by atoms with E-state index in [1.807, 2.05) is 13.8 Å². The molecule has 0 spiro atoms. The Balaban J connectivity index is 2.09. The number of alkyl halides is 3. The van der Waals surface area contributed by atoms with E-state index in [0.717, 1.165) is 17.0 Å². The van der Waals surface area contributed by atoms with Crippen LogP contribution in [0.5, 0.6) is 0 Å². The van der Waals surface area contributed by atoms with Crippen LogP contribution in [0.4, 0.5) is 18.9 Å². The molecule has 3 rings (SSSR count). The molecule has 0 unspecified atom stereocenters.